The van der Waals surface area contributed by atoms with Crippen LogP contribution in [0, 0.1) is 17.8 Å². The molecule has 2 unspecified atom stereocenters. The maximum Gasteiger partial charge on any atom is 0.331 e. The van der Waals surface area contributed by atoms with Gasteiger partial charge in [-0.05, 0) is 62.4 Å². The number of hydrogen-bond donors (Lipinski definition) is 0. The minimum absolute atomic E-state index is 0.0860. The summed E-state index contributed by atoms with van der Waals surface area (Å²) in [6.45, 7) is 6.39. The molecule has 1 aromatic carbocycles. The lowest BCUT2D eigenvalue weighted by atomic mass is 9.79. The number of carbonyl (C=O) groups excluding carboxylic acids is 1. The van der Waals surface area contributed by atoms with Crippen LogP contribution < -0.4 is 0 Å². The molecule has 3 aliphatic heterocycles. The molecule has 0 spiro atoms. The summed E-state index contributed by atoms with van der Waals surface area (Å²) in [6.07, 6.45) is 7.27. The van der Waals surface area contributed by atoms with Crippen molar-refractivity contribution in [3.63, 3.8) is 0 Å². The van der Waals surface area contributed by atoms with Crippen LogP contribution in [0.4, 0.5) is 0 Å². The van der Waals surface area contributed by atoms with E-state index in [4.69, 9.17) is 4.74 Å². The minimum Gasteiger partial charge on any atom is -0.450 e. The summed E-state index contributed by atoms with van der Waals surface area (Å²) in [6, 6.07) is 8.77. The Bertz CT molecular complexity index is 783. The highest BCUT2D eigenvalue weighted by Gasteiger charge is 2.52. The molecule has 26 heavy (non-hydrogen) atoms. The first kappa shape index (κ1) is 17.4. The zero-order valence-electron chi connectivity index (χ0n) is 15.8. The van der Waals surface area contributed by atoms with Gasteiger partial charge in [-0.3, -0.25) is 4.90 Å². The molecule has 3 nitrogen and oxygen atoms in total. The molecule has 0 aromatic heterocycles. The van der Waals surface area contributed by atoms with Gasteiger partial charge >= 0.3 is 5.97 Å². The topological polar surface area (TPSA) is 29.5 Å². The highest BCUT2D eigenvalue weighted by Crippen LogP contribution is 2.44. The zero-order chi connectivity index (χ0) is 18.1. The van der Waals surface area contributed by atoms with Crippen molar-refractivity contribution in [2.45, 2.75) is 57.6 Å². The number of ether oxygens (including phenoxy) is 1. The summed E-state index contributed by atoms with van der Waals surface area (Å²) in [4.78, 5) is 14.6. The maximum absolute atomic E-state index is 12.1. The predicted molar refractivity (Wildman–Crippen MR) is 103 cm³/mol. The van der Waals surface area contributed by atoms with Crippen molar-refractivity contribution in [3.8, 4) is 11.8 Å². The fourth-order valence-electron chi connectivity index (χ4n) is 4.75. The standard InChI is InChI=1S/C23H27NO2/c1-3-17-7-9-18(10-8-17)11-12-19-13-15-24-14-5-4-6-21(24)23(2)20(19)16-22(25)26-23/h7-10,16,19,21H,3-6,13-15H2,1-2H3/t19?,21?,23-/m0/s1. The second kappa shape index (κ2) is 6.93. The third-order valence-electron chi connectivity index (χ3n) is 6.24. The second-order valence-electron chi connectivity index (χ2n) is 7.84. The lowest BCUT2D eigenvalue weighted by Crippen LogP contribution is -2.53. The molecular weight excluding hydrogens is 322 g/mol. The Morgan fingerprint density at radius 3 is 2.77 bits per heavy atom. The second-order valence-corrected chi connectivity index (χ2v) is 7.84. The third kappa shape index (κ3) is 3.08. The smallest absolute Gasteiger partial charge is 0.331 e. The molecule has 3 aliphatic rings. The Morgan fingerprint density at radius 1 is 1.19 bits per heavy atom. The Balaban J connectivity index is 1.65. The van der Waals surface area contributed by atoms with Gasteiger partial charge < -0.3 is 4.74 Å². The van der Waals surface area contributed by atoms with Crippen LogP contribution >= 0.6 is 0 Å². The van der Waals surface area contributed by atoms with Gasteiger partial charge in [0, 0.05) is 24.1 Å². The molecule has 0 radical (unpaired) electrons. The van der Waals surface area contributed by atoms with Gasteiger partial charge in [-0.2, -0.15) is 0 Å². The van der Waals surface area contributed by atoms with Gasteiger partial charge in [0.25, 0.3) is 0 Å². The Labute approximate surface area is 156 Å². The summed E-state index contributed by atoms with van der Waals surface area (Å²) in [5.74, 6) is 6.69. The number of carbonyl (C=O) groups is 1. The lowest BCUT2D eigenvalue weighted by molar-refractivity contribution is -0.151. The molecule has 4 rings (SSSR count). The number of piperidine rings is 1. The summed E-state index contributed by atoms with van der Waals surface area (Å²) in [5, 5.41) is 0. The molecule has 1 aromatic rings. The van der Waals surface area contributed by atoms with Crippen molar-refractivity contribution in [1.29, 1.82) is 0 Å². The van der Waals surface area contributed by atoms with Gasteiger partial charge in [-0.1, -0.05) is 37.3 Å². The number of esters is 1. The summed E-state index contributed by atoms with van der Waals surface area (Å²) < 4.78 is 5.87. The SMILES string of the molecule is CCc1ccc(C#CC2CCN3CCCCC3[C@@]3(C)OC(=O)C=C23)cc1. The van der Waals surface area contributed by atoms with E-state index in [1.807, 2.05) is 0 Å². The van der Waals surface area contributed by atoms with E-state index in [9.17, 15) is 4.79 Å². The third-order valence-corrected chi connectivity index (χ3v) is 6.24. The van der Waals surface area contributed by atoms with Crippen LogP contribution in [0.15, 0.2) is 35.9 Å². The number of aryl methyl sites for hydroxylation is 1. The maximum atomic E-state index is 12.1. The van der Waals surface area contributed by atoms with Crippen LogP contribution in [0.2, 0.25) is 0 Å². The van der Waals surface area contributed by atoms with Gasteiger partial charge in [0.1, 0.15) is 5.60 Å². The average Bonchev–Trinajstić information content (AvgIpc) is 2.92. The summed E-state index contributed by atoms with van der Waals surface area (Å²) in [5.41, 5.74) is 2.94. The van der Waals surface area contributed by atoms with E-state index >= 15 is 0 Å². The number of hydrogen-bond acceptors (Lipinski definition) is 3. The Hall–Kier alpha value is -2.05. The molecule has 0 bridgehead atoms. The van der Waals surface area contributed by atoms with E-state index in [2.05, 4.69) is 54.9 Å². The van der Waals surface area contributed by atoms with Gasteiger partial charge in [0.2, 0.25) is 0 Å². The fourth-order valence-corrected chi connectivity index (χ4v) is 4.75. The average molecular weight is 349 g/mol. The van der Waals surface area contributed by atoms with Crippen LogP contribution in [0.25, 0.3) is 0 Å². The van der Waals surface area contributed by atoms with Crippen LogP contribution in [-0.4, -0.2) is 35.6 Å². The van der Waals surface area contributed by atoms with Crippen LogP contribution in [-0.2, 0) is 16.0 Å². The molecule has 2 fully saturated rings. The van der Waals surface area contributed by atoms with E-state index in [0.717, 1.165) is 43.5 Å². The summed E-state index contributed by atoms with van der Waals surface area (Å²) >= 11 is 0. The van der Waals surface area contributed by atoms with Gasteiger partial charge in [-0.15, -0.1) is 0 Å². The van der Waals surface area contributed by atoms with Crippen LogP contribution in [0.3, 0.4) is 0 Å². The van der Waals surface area contributed by atoms with E-state index in [1.165, 1.54) is 18.4 Å². The zero-order valence-corrected chi connectivity index (χ0v) is 15.8. The fraction of sp³-hybridized carbons (Fsp3) is 0.522. The molecule has 0 aliphatic carbocycles. The van der Waals surface area contributed by atoms with E-state index in [1.54, 1.807) is 6.08 Å². The van der Waals surface area contributed by atoms with Crippen LogP contribution in [0.1, 0.15) is 50.7 Å². The quantitative estimate of drug-likeness (QED) is 0.572. The Morgan fingerprint density at radius 2 is 2.00 bits per heavy atom. The van der Waals surface area contributed by atoms with Gasteiger partial charge in [0.15, 0.2) is 0 Å². The number of benzene rings is 1. The van der Waals surface area contributed by atoms with Gasteiger partial charge in [0.05, 0.1) is 6.04 Å². The number of rotatable bonds is 1. The number of nitrogens with zero attached hydrogens (tertiary/aromatic N) is 1. The van der Waals surface area contributed by atoms with Crippen molar-refractivity contribution in [2.75, 3.05) is 13.1 Å². The first-order valence-electron chi connectivity index (χ1n) is 9.89. The molecule has 3 atom stereocenters. The molecule has 0 N–H and O–H groups in total. The van der Waals surface area contributed by atoms with Gasteiger partial charge in [-0.25, -0.2) is 4.79 Å². The highest BCUT2D eigenvalue weighted by molar-refractivity contribution is 5.87. The van der Waals surface area contributed by atoms with E-state index in [0.29, 0.717) is 6.04 Å². The minimum atomic E-state index is -0.514. The van der Waals surface area contributed by atoms with Crippen molar-refractivity contribution in [1.82, 2.24) is 4.90 Å². The van der Waals surface area contributed by atoms with Crippen molar-refractivity contribution < 1.29 is 9.53 Å². The molecule has 2 saturated heterocycles. The predicted octanol–water partition coefficient (Wildman–Crippen LogP) is 3.72. The molecule has 136 valence electrons. The molecular formula is C23H27NO2. The van der Waals surface area contributed by atoms with Crippen molar-refractivity contribution in [2.24, 2.45) is 5.92 Å². The number of fused-ring (bicyclic) bond motifs is 3. The van der Waals surface area contributed by atoms with Crippen molar-refractivity contribution in [3.05, 3.63) is 47.0 Å². The molecule has 0 amide bonds. The van der Waals surface area contributed by atoms with Crippen LogP contribution in [0.5, 0.6) is 0 Å². The lowest BCUT2D eigenvalue weighted by Gasteiger charge is -2.43. The highest BCUT2D eigenvalue weighted by atomic mass is 16.6. The monoisotopic (exact) mass is 349 g/mol. The molecule has 0 saturated carbocycles. The van der Waals surface area contributed by atoms with Crippen molar-refractivity contribution >= 4 is 5.97 Å². The van der Waals surface area contributed by atoms with E-state index in [-0.39, 0.29) is 11.9 Å². The first-order valence-corrected chi connectivity index (χ1v) is 9.89. The Kier molecular flexibility index (Phi) is 4.63. The molecule has 3 heterocycles. The molecule has 3 heteroatoms. The summed E-state index contributed by atoms with van der Waals surface area (Å²) in [7, 11) is 0. The first-order chi connectivity index (χ1) is 12.6. The normalized spacial score (nSPS) is 31.0. The van der Waals surface area contributed by atoms with E-state index < -0.39 is 5.60 Å². The largest absolute Gasteiger partial charge is 0.450 e.